The van der Waals surface area contributed by atoms with E-state index in [0.717, 1.165) is 19.6 Å². The van der Waals surface area contributed by atoms with Crippen LogP contribution in [-0.4, -0.2) is 23.0 Å². The number of hydrogen-bond acceptors (Lipinski definition) is 4. The zero-order valence-electron chi connectivity index (χ0n) is 11.9. The predicted molar refractivity (Wildman–Crippen MR) is 84.8 cm³/mol. The Morgan fingerprint density at radius 1 is 1.25 bits per heavy atom. The van der Waals surface area contributed by atoms with Crippen molar-refractivity contribution in [1.29, 1.82) is 0 Å². The van der Waals surface area contributed by atoms with Gasteiger partial charge in [-0.1, -0.05) is 37.3 Å². The molecule has 0 atom stereocenters. The highest BCUT2D eigenvalue weighted by atomic mass is 32.1. The number of benzene rings is 1. The van der Waals surface area contributed by atoms with E-state index in [-0.39, 0.29) is 0 Å². The van der Waals surface area contributed by atoms with Crippen molar-refractivity contribution in [3.63, 3.8) is 0 Å². The van der Waals surface area contributed by atoms with Gasteiger partial charge in [-0.3, -0.25) is 4.90 Å². The topological polar surface area (TPSA) is 42.2 Å². The van der Waals surface area contributed by atoms with E-state index in [2.05, 4.69) is 47.1 Å². The van der Waals surface area contributed by atoms with Crippen LogP contribution in [0, 0.1) is 0 Å². The minimum Gasteiger partial charge on any atom is -0.375 e. The summed E-state index contributed by atoms with van der Waals surface area (Å²) in [7, 11) is 0. The van der Waals surface area contributed by atoms with Crippen molar-refractivity contribution in [2.75, 3.05) is 18.8 Å². The van der Waals surface area contributed by atoms with Gasteiger partial charge in [-0.15, -0.1) is 11.3 Å². The maximum absolute atomic E-state index is 5.69. The summed E-state index contributed by atoms with van der Waals surface area (Å²) in [4.78, 5) is 7.91. The molecule has 1 fully saturated rings. The predicted octanol–water partition coefficient (Wildman–Crippen LogP) is 3.28. The summed E-state index contributed by atoms with van der Waals surface area (Å²) in [5.74, 6) is 0. The first-order valence-electron chi connectivity index (χ1n) is 7.14. The fourth-order valence-electron chi connectivity index (χ4n) is 2.95. The Hall–Kier alpha value is -1.39. The molecule has 106 valence electrons. The first-order valence-corrected chi connectivity index (χ1v) is 7.95. The first kappa shape index (κ1) is 13.6. The molecule has 2 aromatic rings. The van der Waals surface area contributed by atoms with Gasteiger partial charge in [0.1, 0.15) is 0 Å². The van der Waals surface area contributed by atoms with Gasteiger partial charge in [0.15, 0.2) is 5.13 Å². The smallest absolute Gasteiger partial charge is 0.180 e. The van der Waals surface area contributed by atoms with E-state index < -0.39 is 0 Å². The van der Waals surface area contributed by atoms with E-state index in [1.165, 1.54) is 23.3 Å². The van der Waals surface area contributed by atoms with Crippen molar-refractivity contribution in [2.45, 2.75) is 31.7 Å². The molecule has 0 aliphatic carbocycles. The van der Waals surface area contributed by atoms with Crippen LogP contribution in [0.4, 0.5) is 5.13 Å². The molecule has 0 unspecified atom stereocenters. The lowest BCUT2D eigenvalue weighted by molar-refractivity contribution is 0.163. The molecule has 0 bridgehead atoms. The van der Waals surface area contributed by atoms with E-state index in [0.29, 0.717) is 10.5 Å². The SMILES string of the molecule is CC1(c2ccccc2)CCN(Cc2cnc(N)s2)CC1. The van der Waals surface area contributed by atoms with Crippen LogP contribution >= 0.6 is 11.3 Å². The molecule has 1 aliphatic heterocycles. The molecular formula is C16H21N3S. The van der Waals surface area contributed by atoms with Crippen molar-refractivity contribution in [3.05, 3.63) is 47.0 Å². The van der Waals surface area contributed by atoms with Crippen LogP contribution in [-0.2, 0) is 12.0 Å². The fraction of sp³-hybridized carbons (Fsp3) is 0.438. The maximum atomic E-state index is 5.69. The number of anilines is 1. The molecule has 1 aromatic carbocycles. The zero-order chi connectivity index (χ0) is 14.0. The van der Waals surface area contributed by atoms with E-state index in [4.69, 9.17) is 5.73 Å². The third-order valence-electron chi connectivity index (χ3n) is 4.38. The fourth-order valence-corrected chi connectivity index (χ4v) is 3.68. The third kappa shape index (κ3) is 2.86. The van der Waals surface area contributed by atoms with Crippen molar-refractivity contribution in [1.82, 2.24) is 9.88 Å². The number of nitrogens with zero attached hydrogens (tertiary/aromatic N) is 2. The Labute approximate surface area is 124 Å². The molecule has 2 heterocycles. The average molecular weight is 287 g/mol. The molecule has 20 heavy (non-hydrogen) atoms. The van der Waals surface area contributed by atoms with Crippen LogP contribution in [0.25, 0.3) is 0 Å². The van der Waals surface area contributed by atoms with Gasteiger partial charge in [0.05, 0.1) is 0 Å². The van der Waals surface area contributed by atoms with Gasteiger partial charge in [0.2, 0.25) is 0 Å². The number of thiazole rings is 1. The molecular weight excluding hydrogens is 266 g/mol. The number of hydrogen-bond donors (Lipinski definition) is 1. The van der Waals surface area contributed by atoms with Gasteiger partial charge in [0.25, 0.3) is 0 Å². The number of likely N-dealkylation sites (tertiary alicyclic amines) is 1. The first-order chi connectivity index (χ1) is 9.66. The Balaban J connectivity index is 1.62. The molecule has 0 radical (unpaired) electrons. The van der Waals surface area contributed by atoms with Crippen LogP contribution in [0.2, 0.25) is 0 Å². The van der Waals surface area contributed by atoms with E-state index in [1.54, 1.807) is 11.3 Å². The molecule has 0 saturated carbocycles. The van der Waals surface area contributed by atoms with Crippen molar-refractivity contribution >= 4 is 16.5 Å². The summed E-state index contributed by atoms with van der Waals surface area (Å²) < 4.78 is 0. The van der Waals surface area contributed by atoms with E-state index in [9.17, 15) is 0 Å². The standard InChI is InChI=1S/C16H21N3S/c1-16(13-5-3-2-4-6-13)7-9-19(10-8-16)12-14-11-18-15(17)20-14/h2-6,11H,7-10,12H2,1H3,(H2,17,18). The highest BCUT2D eigenvalue weighted by molar-refractivity contribution is 7.15. The van der Waals surface area contributed by atoms with Crippen LogP contribution in [0.3, 0.4) is 0 Å². The number of aromatic nitrogens is 1. The van der Waals surface area contributed by atoms with Gasteiger partial charge in [-0.25, -0.2) is 4.98 Å². The summed E-state index contributed by atoms with van der Waals surface area (Å²) in [6, 6.07) is 10.9. The molecule has 1 aromatic heterocycles. The van der Waals surface area contributed by atoms with Gasteiger partial charge < -0.3 is 5.73 Å². The molecule has 0 amide bonds. The molecule has 0 spiro atoms. The van der Waals surface area contributed by atoms with Crippen molar-refractivity contribution < 1.29 is 0 Å². The third-order valence-corrected chi connectivity index (χ3v) is 5.19. The van der Waals surface area contributed by atoms with Gasteiger partial charge >= 0.3 is 0 Å². The lowest BCUT2D eigenvalue weighted by atomic mass is 9.74. The summed E-state index contributed by atoms with van der Waals surface area (Å²) in [5, 5.41) is 0.672. The second-order valence-electron chi connectivity index (χ2n) is 5.87. The Morgan fingerprint density at radius 2 is 1.95 bits per heavy atom. The van der Waals surface area contributed by atoms with Crippen LogP contribution in [0.15, 0.2) is 36.5 Å². The van der Waals surface area contributed by atoms with Crippen molar-refractivity contribution in [3.8, 4) is 0 Å². The summed E-state index contributed by atoms with van der Waals surface area (Å²) >= 11 is 1.60. The zero-order valence-corrected chi connectivity index (χ0v) is 12.7. The molecule has 3 rings (SSSR count). The summed E-state index contributed by atoms with van der Waals surface area (Å²) in [6.07, 6.45) is 4.33. The lowest BCUT2D eigenvalue weighted by Crippen LogP contribution is -2.40. The summed E-state index contributed by atoms with van der Waals surface area (Å²) in [5.41, 5.74) is 7.49. The van der Waals surface area contributed by atoms with E-state index >= 15 is 0 Å². The highest BCUT2D eigenvalue weighted by Crippen LogP contribution is 2.35. The number of rotatable bonds is 3. The maximum Gasteiger partial charge on any atom is 0.180 e. The number of nitrogens with two attached hydrogens (primary N) is 1. The second kappa shape index (κ2) is 5.54. The Morgan fingerprint density at radius 3 is 2.55 bits per heavy atom. The summed E-state index contributed by atoms with van der Waals surface area (Å²) in [6.45, 7) is 5.66. The Bertz CT molecular complexity index is 556. The molecule has 1 saturated heterocycles. The largest absolute Gasteiger partial charge is 0.375 e. The highest BCUT2D eigenvalue weighted by Gasteiger charge is 2.31. The van der Waals surface area contributed by atoms with Gasteiger partial charge in [-0.2, -0.15) is 0 Å². The van der Waals surface area contributed by atoms with Crippen molar-refractivity contribution in [2.24, 2.45) is 0 Å². The molecule has 2 N–H and O–H groups in total. The van der Waals surface area contributed by atoms with Crippen LogP contribution in [0.1, 0.15) is 30.2 Å². The molecule has 4 heteroatoms. The average Bonchev–Trinajstić information content (AvgIpc) is 2.88. The van der Waals surface area contributed by atoms with Gasteiger partial charge in [-0.05, 0) is 36.9 Å². The second-order valence-corrected chi connectivity index (χ2v) is 7.01. The normalized spacial score (nSPS) is 19.1. The monoisotopic (exact) mass is 287 g/mol. The quantitative estimate of drug-likeness (QED) is 0.942. The Kier molecular flexibility index (Phi) is 3.76. The molecule has 1 aliphatic rings. The van der Waals surface area contributed by atoms with E-state index in [1.807, 2.05) is 6.20 Å². The molecule has 3 nitrogen and oxygen atoms in total. The number of nitrogen functional groups attached to an aromatic ring is 1. The van der Waals surface area contributed by atoms with Crippen LogP contribution < -0.4 is 5.73 Å². The number of piperidine rings is 1. The lowest BCUT2D eigenvalue weighted by Gasteiger charge is -2.39. The van der Waals surface area contributed by atoms with Crippen LogP contribution in [0.5, 0.6) is 0 Å². The van der Waals surface area contributed by atoms with Gasteiger partial charge in [0, 0.05) is 17.6 Å². The minimum absolute atomic E-state index is 0.324. The minimum atomic E-state index is 0.324.